The molecular weight excluding hydrogens is 601 g/mol. The predicted molar refractivity (Wildman–Crippen MR) is 159 cm³/mol. The van der Waals surface area contributed by atoms with Gasteiger partial charge in [0.1, 0.15) is 17.9 Å². The Labute approximate surface area is 257 Å². The lowest BCUT2D eigenvalue weighted by molar-refractivity contribution is -0.384. The Morgan fingerprint density at radius 2 is 1.65 bits per heavy atom. The van der Waals surface area contributed by atoms with Gasteiger partial charge in [-0.3, -0.25) is 29.9 Å². The van der Waals surface area contributed by atoms with E-state index in [1.807, 2.05) is 13.8 Å². The quantitative estimate of drug-likeness (QED) is 0.106. The Morgan fingerprint density at radius 3 is 2.33 bits per heavy atom. The average molecular weight is 628 g/mol. The van der Waals surface area contributed by atoms with E-state index in [1.165, 1.54) is 42.5 Å². The molecule has 1 aliphatic rings. The minimum atomic E-state index is -0.901. The van der Waals surface area contributed by atoms with Crippen molar-refractivity contribution in [3.05, 3.63) is 97.0 Å². The first-order valence-corrected chi connectivity index (χ1v) is 14.0. The first-order chi connectivity index (χ1) is 20.6. The van der Waals surface area contributed by atoms with Crippen molar-refractivity contribution in [1.29, 1.82) is 0 Å². The summed E-state index contributed by atoms with van der Waals surface area (Å²) in [6.07, 6.45) is 2.05. The maximum Gasteiger partial charge on any atom is 0.331 e. The zero-order valence-electron chi connectivity index (χ0n) is 23.2. The molecule has 0 unspecified atom stereocenters. The molecule has 11 nitrogen and oxygen atoms in total. The van der Waals surface area contributed by atoms with Gasteiger partial charge in [0.15, 0.2) is 11.5 Å². The number of hydrogen-bond acceptors (Lipinski definition) is 8. The fourth-order valence-electron chi connectivity index (χ4n) is 4.14. The van der Waals surface area contributed by atoms with Gasteiger partial charge in [-0.05, 0) is 66.9 Å². The van der Waals surface area contributed by atoms with Gasteiger partial charge in [0.2, 0.25) is 0 Å². The van der Waals surface area contributed by atoms with Gasteiger partial charge in [-0.1, -0.05) is 36.2 Å². The Balaban J connectivity index is 1.61. The number of ether oxygens (including phenoxy) is 3. The highest BCUT2D eigenvalue weighted by Crippen LogP contribution is 2.35. The highest BCUT2D eigenvalue weighted by atomic mass is 35.5. The second-order valence-corrected chi connectivity index (χ2v) is 10.1. The second kappa shape index (κ2) is 14.0. The molecule has 43 heavy (non-hydrogen) atoms. The number of urea groups is 1. The number of nitro groups is 1. The summed E-state index contributed by atoms with van der Waals surface area (Å²) in [5, 5.41) is 13.4. The minimum Gasteiger partial charge on any atom is -0.490 e. The number of imide groups is 2. The van der Waals surface area contributed by atoms with Crippen LogP contribution in [0.4, 0.5) is 10.5 Å². The summed E-state index contributed by atoms with van der Waals surface area (Å²) in [7, 11) is 0. The van der Waals surface area contributed by atoms with E-state index in [2.05, 4.69) is 5.32 Å². The Kier molecular flexibility index (Phi) is 10.2. The molecule has 13 heteroatoms. The van der Waals surface area contributed by atoms with Gasteiger partial charge in [-0.25, -0.2) is 4.79 Å². The van der Waals surface area contributed by atoms with E-state index < -0.39 is 22.8 Å². The molecule has 0 radical (unpaired) electrons. The number of nitrogens with zero attached hydrogens (tertiary/aromatic N) is 2. The summed E-state index contributed by atoms with van der Waals surface area (Å²) < 4.78 is 17.3. The number of carbonyl (C=O) groups excluding carboxylic acids is 3. The normalized spacial score (nSPS) is 14.1. The number of non-ortho nitro benzene ring substituents is 1. The summed E-state index contributed by atoms with van der Waals surface area (Å²) in [5.74, 6) is -0.618. The van der Waals surface area contributed by atoms with Crippen molar-refractivity contribution >= 4 is 52.8 Å². The highest BCUT2D eigenvalue weighted by Gasteiger charge is 2.36. The molecule has 0 bridgehead atoms. The number of barbiturate groups is 1. The minimum absolute atomic E-state index is 0.0274. The van der Waals surface area contributed by atoms with E-state index in [-0.39, 0.29) is 45.8 Å². The van der Waals surface area contributed by atoms with E-state index in [9.17, 15) is 24.5 Å². The SMILES string of the molecule is CCCOc1ccc(CN2C(=O)NC(=O)/C(=C\c3cc(Cl)cc(Cl)c3OCc3ccc([N+](=O)[O-])cc3)C2=O)cc1OCC. The van der Waals surface area contributed by atoms with Crippen LogP contribution in [0, 0.1) is 10.1 Å². The number of nitro benzene ring substituents is 1. The molecule has 1 heterocycles. The fourth-order valence-corrected chi connectivity index (χ4v) is 4.70. The summed E-state index contributed by atoms with van der Waals surface area (Å²) in [6.45, 7) is 4.51. The number of carbonyl (C=O) groups is 3. The summed E-state index contributed by atoms with van der Waals surface area (Å²) in [5.41, 5.74) is 0.974. The van der Waals surface area contributed by atoms with Crippen molar-refractivity contribution in [3.63, 3.8) is 0 Å². The third-order valence-electron chi connectivity index (χ3n) is 6.16. The average Bonchev–Trinajstić information content (AvgIpc) is 2.96. The molecule has 4 rings (SSSR count). The first-order valence-electron chi connectivity index (χ1n) is 13.2. The Hall–Kier alpha value is -4.61. The number of halogens is 2. The van der Waals surface area contributed by atoms with Gasteiger partial charge >= 0.3 is 6.03 Å². The molecule has 0 saturated carbocycles. The zero-order valence-corrected chi connectivity index (χ0v) is 24.7. The van der Waals surface area contributed by atoms with Crippen LogP contribution in [0.1, 0.15) is 37.0 Å². The molecule has 3 aromatic carbocycles. The van der Waals surface area contributed by atoms with E-state index in [0.29, 0.717) is 35.8 Å². The number of amides is 4. The van der Waals surface area contributed by atoms with Gasteiger partial charge in [0, 0.05) is 22.7 Å². The number of benzene rings is 3. The van der Waals surface area contributed by atoms with Crippen LogP contribution in [0.25, 0.3) is 6.08 Å². The molecule has 1 aliphatic heterocycles. The highest BCUT2D eigenvalue weighted by molar-refractivity contribution is 6.36. The molecule has 4 amide bonds. The van der Waals surface area contributed by atoms with Crippen LogP contribution >= 0.6 is 23.2 Å². The van der Waals surface area contributed by atoms with Gasteiger partial charge in [0.05, 0.1) is 29.7 Å². The maximum atomic E-state index is 13.5. The number of rotatable bonds is 12. The second-order valence-electron chi connectivity index (χ2n) is 9.29. The van der Waals surface area contributed by atoms with Gasteiger partial charge in [-0.15, -0.1) is 0 Å². The van der Waals surface area contributed by atoms with Crippen molar-refractivity contribution in [2.24, 2.45) is 0 Å². The summed E-state index contributed by atoms with van der Waals surface area (Å²) in [6, 6.07) is 12.8. The monoisotopic (exact) mass is 627 g/mol. The Bertz CT molecular complexity index is 1590. The topological polar surface area (TPSA) is 137 Å². The van der Waals surface area contributed by atoms with E-state index >= 15 is 0 Å². The van der Waals surface area contributed by atoms with Crippen LogP contribution in [0.3, 0.4) is 0 Å². The summed E-state index contributed by atoms with van der Waals surface area (Å²) >= 11 is 12.6. The van der Waals surface area contributed by atoms with E-state index in [1.54, 1.807) is 18.2 Å². The molecule has 0 aromatic heterocycles. The maximum absolute atomic E-state index is 13.5. The number of nitrogens with one attached hydrogen (secondary N) is 1. The molecule has 224 valence electrons. The predicted octanol–water partition coefficient (Wildman–Crippen LogP) is 6.33. The molecule has 0 aliphatic carbocycles. The van der Waals surface area contributed by atoms with Crippen molar-refractivity contribution in [1.82, 2.24) is 10.2 Å². The van der Waals surface area contributed by atoms with Crippen LogP contribution in [0.2, 0.25) is 10.0 Å². The van der Waals surface area contributed by atoms with Crippen molar-refractivity contribution in [2.45, 2.75) is 33.4 Å². The van der Waals surface area contributed by atoms with E-state index in [0.717, 1.165) is 11.3 Å². The third-order valence-corrected chi connectivity index (χ3v) is 6.66. The summed E-state index contributed by atoms with van der Waals surface area (Å²) in [4.78, 5) is 50.3. The molecule has 1 saturated heterocycles. The van der Waals surface area contributed by atoms with Crippen molar-refractivity contribution in [2.75, 3.05) is 13.2 Å². The Morgan fingerprint density at radius 1 is 0.930 bits per heavy atom. The van der Waals surface area contributed by atoms with Crippen LogP contribution < -0.4 is 19.5 Å². The fraction of sp³-hybridized carbons (Fsp3) is 0.233. The molecule has 0 spiro atoms. The molecule has 1 N–H and O–H groups in total. The van der Waals surface area contributed by atoms with Crippen LogP contribution in [-0.2, 0) is 22.7 Å². The lowest BCUT2D eigenvalue weighted by atomic mass is 10.1. The lowest BCUT2D eigenvalue weighted by Gasteiger charge is -2.27. The number of hydrogen-bond donors (Lipinski definition) is 1. The molecule has 1 fully saturated rings. The van der Waals surface area contributed by atoms with Crippen molar-refractivity contribution in [3.8, 4) is 17.2 Å². The third kappa shape index (κ3) is 7.62. The first kappa shape index (κ1) is 31.3. The van der Waals surface area contributed by atoms with Gasteiger partial charge in [0.25, 0.3) is 17.5 Å². The van der Waals surface area contributed by atoms with Crippen LogP contribution in [0.15, 0.2) is 60.2 Å². The lowest BCUT2D eigenvalue weighted by Crippen LogP contribution is -2.53. The standard InChI is InChI=1S/C30H27Cl2N3O8/c1-3-11-42-25-10-7-19(12-26(25)41-4-2)16-34-29(37)23(28(36)33-30(34)38)14-20-13-21(31)15-24(32)27(20)43-17-18-5-8-22(9-6-18)35(39)40/h5-10,12-15H,3-4,11,16-17H2,1-2H3,(H,33,36,38)/b23-14+. The van der Waals surface area contributed by atoms with Crippen LogP contribution in [-0.4, -0.2) is 40.9 Å². The molecular formula is C30H27Cl2N3O8. The van der Waals surface area contributed by atoms with E-state index in [4.69, 9.17) is 37.4 Å². The van der Waals surface area contributed by atoms with Crippen LogP contribution in [0.5, 0.6) is 17.2 Å². The molecule has 0 atom stereocenters. The zero-order chi connectivity index (χ0) is 31.1. The van der Waals surface area contributed by atoms with Crippen molar-refractivity contribution < 1.29 is 33.5 Å². The van der Waals surface area contributed by atoms with Gasteiger partial charge < -0.3 is 14.2 Å². The van der Waals surface area contributed by atoms with Gasteiger partial charge in [-0.2, -0.15) is 0 Å². The smallest absolute Gasteiger partial charge is 0.331 e. The largest absolute Gasteiger partial charge is 0.490 e. The molecule has 3 aromatic rings.